The van der Waals surface area contributed by atoms with Crippen molar-refractivity contribution in [2.45, 2.75) is 39.2 Å². The normalized spacial score (nSPS) is 15.2. The zero-order chi connectivity index (χ0) is 20.2. The molecule has 0 atom stereocenters. The summed E-state index contributed by atoms with van der Waals surface area (Å²) >= 11 is 0. The molecular weight excluding hydrogens is 491 g/mol. The number of benzene rings is 1. The summed E-state index contributed by atoms with van der Waals surface area (Å²) in [5, 5.41) is 8.04. The van der Waals surface area contributed by atoms with Gasteiger partial charge in [-0.2, -0.15) is 0 Å². The van der Waals surface area contributed by atoms with Crippen molar-refractivity contribution in [2.24, 2.45) is 10.9 Å². The second-order valence-corrected chi connectivity index (χ2v) is 7.59. The van der Waals surface area contributed by atoms with E-state index in [1.807, 2.05) is 0 Å². The molecule has 1 aromatic heterocycles. The second kappa shape index (κ2) is 14.6. The standard InChI is InChI=1S/C23H36N4O2.HI/c1-2-24-23(26-13-6-16-29-19-20-10-17-28-18-11-20)25-12-5-14-27-15-9-21-7-3-4-8-22(21)27;/h3-4,7-9,15,20H,2,5-6,10-14,16-19H2,1H3,(H2,24,25,26);1H. The van der Waals surface area contributed by atoms with E-state index in [-0.39, 0.29) is 24.0 Å². The highest BCUT2D eigenvalue weighted by molar-refractivity contribution is 14.0. The molecule has 1 aliphatic heterocycles. The maximum atomic E-state index is 5.83. The summed E-state index contributed by atoms with van der Waals surface area (Å²) in [6, 6.07) is 10.7. The van der Waals surface area contributed by atoms with Gasteiger partial charge in [-0.25, -0.2) is 0 Å². The van der Waals surface area contributed by atoms with Gasteiger partial charge in [-0.3, -0.25) is 4.99 Å². The molecule has 7 heteroatoms. The number of hydrogen-bond acceptors (Lipinski definition) is 3. The lowest BCUT2D eigenvalue weighted by Crippen LogP contribution is -2.38. The molecule has 6 nitrogen and oxygen atoms in total. The number of rotatable bonds is 11. The van der Waals surface area contributed by atoms with Gasteiger partial charge in [-0.15, -0.1) is 24.0 Å². The molecule has 1 fully saturated rings. The van der Waals surface area contributed by atoms with Crippen LogP contribution in [0.25, 0.3) is 10.9 Å². The van der Waals surface area contributed by atoms with Crippen LogP contribution >= 0.6 is 24.0 Å². The summed E-state index contributed by atoms with van der Waals surface area (Å²) in [6.45, 7) is 9.07. The molecule has 0 bridgehead atoms. The Kier molecular flexibility index (Phi) is 12.2. The quantitative estimate of drug-likeness (QED) is 0.200. The molecule has 2 aromatic rings. The van der Waals surface area contributed by atoms with Crippen LogP contribution in [0.1, 0.15) is 32.6 Å². The van der Waals surface area contributed by atoms with E-state index < -0.39 is 0 Å². The van der Waals surface area contributed by atoms with Crippen molar-refractivity contribution in [2.75, 3.05) is 46.1 Å². The third-order valence-corrected chi connectivity index (χ3v) is 5.30. The number of para-hydroxylation sites is 1. The Morgan fingerprint density at radius 1 is 1.17 bits per heavy atom. The molecule has 0 spiro atoms. The number of ether oxygens (including phenoxy) is 2. The summed E-state index contributed by atoms with van der Waals surface area (Å²) < 4.78 is 13.5. The van der Waals surface area contributed by atoms with Gasteiger partial charge in [0.25, 0.3) is 0 Å². The zero-order valence-corrected chi connectivity index (χ0v) is 20.5. The monoisotopic (exact) mass is 528 g/mol. The summed E-state index contributed by atoms with van der Waals surface area (Å²) in [5.41, 5.74) is 1.29. The SMILES string of the molecule is CCNC(=NCCCn1ccc2ccccc21)NCCCOCC1CCOCC1.I. The average molecular weight is 528 g/mol. The first-order chi connectivity index (χ1) is 14.4. The van der Waals surface area contributed by atoms with E-state index in [4.69, 9.17) is 14.5 Å². The van der Waals surface area contributed by atoms with E-state index >= 15 is 0 Å². The van der Waals surface area contributed by atoms with Crippen LogP contribution in [0.5, 0.6) is 0 Å². The van der Waals surface area contributed by atoms with Gasteiger partial charge < -0.3 is 24.7 Å². The second-order valence-electron chi connectivity index (χ2n) is 7.59. The van der Waals surface area contributed by atoms with Crippen molar-refractivity contribution >= 4 is 40.8 Å². The molecule has 1 aromatic carbocycles. The Labute approximate surface area is 197 Å². The van der Waals surface area contributed by atoms with Crippen LogP contribution in [0, 0.1) is 5.92 Å². The van der Waals surface area contributed by atoms with Crippen LogP contribution in [0.4, 0.5) is 0 Å². The number of guanidine groups is 1. The van der Waals surface area contributed by atoms with E-state index in [0.29, 0.717) is 5.92 Å². The van der Waals surface area contributed by atoms with Crippen LogP contribution < -0.4 is 10.6 Å². The number of nitrogens with one attached hydrogen (secondary N) is 2. The fourth-order valence-electron chi connectivity index (χ4n) is 3.65. The maximum Gasteiger partial charge on any atom is 0.191 e. The van der Waals surface area contributed by atoms with Crippen molar-refractivity contribution in [3.63, 3.8) is 0 Å². The predicted octanol–water partition coefficient (Wildman–Crippen LogP) is 4.04. The lowest BCUT2D eigenvalue weighted by molar-refractivity contribution is 0.0203. The Bertz CT molecular complexity index is 744. The molecule has 0 unspecified atom stereocenters. The van der Waals surface area contributed by atoms with Gasteiger partial charge in [0.2, 0.25) is 0 Å². The van der Waals surface area contributed by atoms with Crippen molar-refractivity contribution in [1.29, 1.82) is 0 Å². The Balaban J connectivity index is 0.00000320. The van der Waals surface area contributed by atoms with E-state index in [1.54, 1.807) is 0 Å². The molecule has 0 amide bonds. The number of nitrogens with zero attached hydrogens (tertiary/aromatic N) is 2. The highest BCUT2D eigenvalue weighted by atomic mass is 127. The molecule has 0 radical (unpaired) electrons. The summed E-state index contributed by atoms with van der Waals surface area (Å²) in [4.78, 5) is 4.71. The molecule has 1 saturated heterocycles. The fraction of sp³-hybridized carbons (Fsp3) is 0.609. The van der Waals surface area contributed by atoms with Crippen LogP contribution in [0.3, 0.4) is 0 Å². The molecule has 30 heavy (non-hydrogen) atoms. The number of fused-ring (bicyclic) bond motifs is 1. The Morgan fingerprint density at radius 2 is 2.00 bits per heavy atom. The lowest BCUT2D eigenvalue weighted by atomic mass is 10.0. The van der Waals surface area contributed by atoms with Gasteiger partial charge >= 0.3 is 0 Å². The van der Waals surface area contributed by atoms with Gasteiger partial charge in [0, 0.05) is 64.3 Å². The number of aryl methyl sites for hydroxylation is 1. The molecule has 2 N–H and O–H groups in total. The predicted molar refractivity (Wildman–Crippen MR) is 135 cm³/mol. The molecule has 0 saturated carbocycles. The number of hydrogen-bond donors (Lipinski definition) is 2. The first kappa shape index (κ1) is 24.9. The highest BCUT2D eigenvalue weighted by Crippen LogP contribution is 2.15. The van der Waals surface area contributed by atoms with E-state index in [9.17, 15) is 0 Å². The van der Waals surface area contributed by atoms with E-state index in [2.05, 4.69) is 58.7 Å². The van der Waals surface area contributed by atoms with Gasteiger partial charge in [-0.05, 0) is 56.0 Å². The zero-order valence-electron chi connectivity index (χ0n) is 18.1. The van der Waals surface area contributed by atoms with Gasteiger partial charge in [0.1, 0.15) is 0 Å². The largest absolute Gasteiger partial charge is 0.381 e. The Hall–Kier alpha value is -1.32. The summed E-state index contributed by atoms with van der Waals surface area (Å²) in [6.07, 6.45) is 6.44. The van der Waals surface area contributed by atoms with Crippen LogP contribution in [-0.4, -0.2) is 56.6 Å². The van der Waals surface area contributed by atoms with Gasteiger partial charge in [0.15, 0.2) is 5.96 Å². The van der Waals surface area contributed by atoms with Crippen LogP contribution in [0.2, 0.25) is 0 Å². The molecule has 3 rings (SSSR count). The fourth-order valence-corrected chi connectivity index (χ4v) is 3.65. The molecule has 1 aliphatic rings. The average Bonchev–Trinajstić information content (AvgIpc) is 3.17. The number of aliphatic imine (C=N–C) groups is 1. The highest BCUT2D eigenvalue weighted by Gasteiger charge is 2.13. The minimum absolute atomic E-state index is 0. The summed E-state index contributed by atoms with van der Waals surface area (Å²) in [5.74, 6) is 1.57. The molecular formula is C23H37IN4O2. The van der Waals surface area contributed by atoms with E-state index in [1.165, 1.54) is 10.9 Å². The number of aromatic nitrogens is 1. The van der Waals surface area contributed by atoms with Crippen molar-refractivity contribution in [1.82, 2.24) is 15.2 Å². The van der Waals surface area contributed by atoms with E-state index in [0.717, 1.165) is 84.2 Å². The minimum atomic E-state index is 0. The van der Waals surface area contributed by atoms with Crippen LogP contribution in [0.15, 0.2) is 41.5 Å². The Morgan fingerprint density at radius 3 is 2.83 bits per heavy atom. The minimum Gasteiger partial charge on any atom is -0.381 e. The number of halogens is 1. The first-order valence-electron chi connectivity index (χ1n) is 11.1. The molecule has 168 valence electrons. The topological polar surface area (TPSA) is 59.8 Å². The van der Waals surface area contributed by atoms with Crippen molar-refractivity contribution < 1.29 is 9.47 Å². The van der Waals surface area contributed by atoms with Crippen molar-refractivity contribution in [3.8, 4) is 0 Å². The van der Waals surface area contributed by atoms with Gasteiger partial charge in [-0.1, -0.05) is 18.2 Å². The van der Waals surface area contributed by atoms with Gasteiger partial charge in [0.05, 0.1) is 0 Å². The van der Waals surface area contributed by atoms with Crippen molar-refractivity contribution in [3.05, 3.63) is 36.5 Å². The molecule has 2 heterocycles. The molecule has 0 aliphatic carbocycles. The smallest absolute Gasteiger partial charge is 0.191 e. The third-order valence-electron chi connectivity index (χ3n) is 5.30. The lowest BCUT2D eigenvalue weighted by Gasteiger charge is -2.21. The summed E-state index contributed by atoms with van der Waals surface area (Å²) in [7, 11) is 0. The van der Waals surface area contributed by atoms with Crippen LogP contribution in [-0.2, 0) is 16.0 Å². The third kappa shape index (κ3) is 8.43. The maximum absolute atomic E-state index is 5.83. The first-order valence-corrected chi connectivity index (χ1v) is 11.1.